The van der Waals surface area contributed by atoms with Gasteiger partial charge in [-0.2, -0.15) is 0 Å². The van der Waals surface area contributed by atoms with Crippen molar-refractivity contribution in [2.45, 2.75) is 50.4 Å². The van der Waals surface area contributed by atoms with E-state index in [0.717, 1.165) is 37.7 Å². The molecule has 0 unspecified atom stereocenters. The Morgan fingerprint density at radius 3 is 3.04 bits per heavy atom. The van der Waals surface area contributed by atoms with Crippen LogP contribution >= 0.6 is 11.3 Å². The molecule has 1 saturated carbocycles. The summed E-state index contributed by atoms with van der Waals surface area (Å²) >= 11 is 1.80. The molecule has 4 nitrogen and oxygen atoms in total. The van der Waals surface area contributed by atoms with Gasteiger partial charge < -0.3 is 4.74 Å². The zero-order valence-corrected chi connectivity index (χ0v) is 14.6. The summed E-state index contributed by atoms with van der Waals surface area (Å²) in [6, 6.07) is 6.15. The third kappa shape index (κ3) is 3.01. The van der Waals surface area contributed by atoms with Gasteiger partial charge in [0.2, 0.25) is 0 Å². The third-order valence-corrected chi connectivity index (χ3v) is 6.51. The molecule has 0 aromatic carbocycles. The lowest BCUT2D eigenvalue weighted by Gasteiger charge is -2.33. The molecule has 0 radical (unpaired) electrons. The van der Waals surface area contributed by atoms with Crippen molar-refractivity contribution < 1.29 is 4.74 Å². The van der Waals surface area contributed by atoms with Crippen molar-refractivity contribution in [2.24, 2.45) is 5.92 Å². The summed E-state index contributed by atoms with van der Waals surface area (Å²) in [6.07, 6.45) is 7.50. The average molecular weight is 341 g/mol. The second-order valence-electron chi connectivity index (χ2n) is 7.39. The molecule has 0 bridgehead atoms. The van der Waals surface area contributed by atoms with Crippen molar-refractivity contribution >= 4 is 11.3 Å². The van der Waals surface area contributed by atoms with Crippen molar-refractivity contribution in [3.05, 3.63) is 46.2 Å². The fourth-order valence-electron chi connectivity index (χ4n) is 4.03. The number of hydrogen-bond donors (Lipinski definition) is 0. The minimum Gasteiger partial charge on any atom is -0.366 e. The molecule has 4 heterocycles. The van der Waals surface area contributed by atoms with Crippen LogP contribution in [0.2, 0.25) is 0 Å². The highest BCUT2D eigenvalue weighted by molar-refractivity contribution is 7.09. The van der Waals surface area contributed by atoms with Crippen LogP contribution in [0.3, 0.4) is 0 Å². The Labute approximate surface area is 146 Å². The number of fused-ring (bicyclic) bond motifs is 1. The van der Waals surface area contributed by atoms with Crippen LogP contribution in [0.25, 0.3) is 0 Å². The SMILES string of the molecule is c1ccc(CN2CC[C@@H]3C[C@H](c4nc(C5CC5)cs4)O[C@H]3C2)nc1. The Bertz CT molecular complexity index is 700. The Morgan fingerprint density at radius 2 is 2.21 bits per heavy atom. The predicted molar refractivity (Wildman–Crippen MR) is 93.9 cm³/mol. The molecule has 5 heteroatoms. The molecule has 0 N–H and O–H groups in total. The number of likely N-dealkylation sites (tertiary alicyclic amines) is 1. The van der Waals surface area contributed by atoms with E-state index in [1.807, 2.05) is 12.3 Å². The largest absolute Gasteiger partial charge is 0.366 e. The monoisotopic (exact) mass is 341 g/mol. The van der Waals surface area contributed by atoms with Crippen LogP contribution in [-0.4, -0.2) is 34.1 Å². The smallest absolute Gasteiger partial charge is 0.122 e. The molecule has 3 atom stereocenters. The lowest BCUT2D eigenvalue weighted by molar-refractivity contribution is -0.00969. The third-order valence-electron chi connectivity index (χ3n) is 5.56. The molecule has 3 fully saturated rings. The maximum Gasteiger partial charge on any atom is 0.122 e. The summed E-state index contributed by atoms with van der Waals surface area (Å²) in [4.78, 5) is 11.8. The highest BCUT2D eigenvalue weighted by Crippen LogP contribution is 2.45. The van der Waals surface area contributed by atoms with Gasteiger partial charge in [-0.15, -0.1) is 11.3 Å². The van der Waals surface area contributed by atoms with Crippen molar-refractivity contribution in [3.8, 4) is 0 Å². The van der Waals surface area contributed by atoms with Gasteiger partial charge in [0, 0.05) is 30.6 Å². The summed E-state index contributed by atoms with van der Waals surface area (Å²) in [5.41, 5.74) is 2.46. The quantitative estimate of drug-likeness (QED) is 0.848. The first-order valence-electron chi connectivity index (χ1n) is 9.08. The first kappa shape index (κ1) is 15.0. The summed E-state index contributed by atoms with van der Waals surface area (Å²) < 4.78 is 6.42. The molecule has 3 aliphatic rings. The predicted octanol–water partition coefficient (Wildman–Crippen LogP) is 3.77. The van der Waals surface area contributed by atoms with Gasteiger partial charge in [-0.3, -0.25) is 9.88 Å². The molecular weight excluding hydrogens is 318 g/mol. The molecule has 5 rings (SSSR count). The summed E-state index contributed by atoms with van der Waals surface area (Å²) in [5, 5.41) is 3.47. The standard InChI is InChI=1S/C19H23N3OS/c1-2-7-20-15(3-1)10-22-8-6-14-9-17(23-18(14)11-22)19-21-16(12-24-19)13-4-5-13/h1-3,7,12-14,17-18H,4-6,8-11H2/t14-,17-,18+/m1/s1. The van der Waals surface area contributed by atoms with Gasteiger partial charge in [0.15, 0.2) is 0 Å². The molecule has 126 valence electrons. The van der Waals surface area contributed by atoms with E-state index in [0.29, 0.717) is 12.0 Å². The van der Waals surface area contributed by atoms with Gasteiger partial charge in [0.1, 0.15) is 11.1 Å². The molecule has 2 aromatic rings. The molecule has 24 heavy (non-hydrogen) atoms. The van der Waals surface area contributed by atoms with Crippen molar-refractivity contribution in [1.29, 1.82) is 0 Å². The molecule has 0 amide bonds. The zero-order valence-electron chi connectivity index (χ0n) is 13.8. The number of thiazole rings is 1. The lowest BCUT2D eigenvalue weighted by Crippen LogP contribution is -2.41. The van der Waals surface area contributed by atoms with Gasteiger partial charge in [-0.25, -0.2) is 4.98 Å². The number of nitrogens with zero attached hydrogens (tertiary/aromatic N) is 3. The number of piperidine rings is 1. The van der Waals surface area contributed by atoms with Crippen molar-refractivity contribution in [2.75, 3.05) is 13.1 Å². The van der Waals surface area contributed by atoms with E-state index in [1.54, 1.807) is 11.3 Å². The lowest BCUT2D eigenvalue weighted by atomic mass is 9.92. The van der Waals surface area contributed by atoms with Crippen LogP contribution in [-0.2, 0) is 11.3 Å². The van der Waals surface area contributed by atoms with Crippen molar-refractivity contribution in [3.63, 3.8) is 0 Å². The fraction of sp³-hybridized carbons (Fsp3) is 0.579. The zero-order chi connectivity index (χ0) is 15.9. The van der Waals surface area contributed by atoms with E-state index in [4.69, 9.17) is 9.72 Å². The maximum absolute atomic E-state index is 6.42. The van der Waals surface area contributed by atoms with Gasteiger partial charge in [0.05, 0.1) is 17.5 Å². The summed E-state index contributed by atoms with van der Waals surface area (Å²) in [7, 11) is 0. The first-order valence-corrected chi connectivity index (χ1v) is 9.96. The fourth-order valence-corrected chi connectivity index (χ4v) is 4.98. The summed E-state index contributed by atoms with van der Waals surface area (Å²) in [6.45, 7) is 3.11. The number of pyridine rings is 1. The molecule has 1 aliphatic carbocycles. The van der Waals surface area contributed by atoms with E-state index in [2.05, 4.69) is 27.4 Å². The highest BCUT2D eigenvalue weighted by atomic mass is 32.1. The highest BCUT2D eigenvalue weighted by Gasteiger charge is 2.41. The van der Waals surface area contributed by atoms with E-state index in [-0.39, 0.29) is 6.10 Å². The van der Waals surface area contributed by atoms with Crippen molar-refractivity contribution in [1.82, 2.24) is 14.9 Å². The van der Waals surface area contributed by atoms with Crippen LogP contribution < -0.4 is 0 Å². The Morgan fingerprint density at radius 1 is 1.25 bits per heavy atom. The minimum absolute atomic E-state index is 0.229. The molecule has 0 spiro atoms. The number of ether oxygens (including phenoxy) is 1. The normalized spacial score (nSPS) is 30.4. The first-order chi connectivity index (χ1) is 11.8. The van der Waals surface area contributed by atoms with Crippen LogP contribution in [0, 0.1) is 5.92 Å². The average Bonchev–Trinajstić information content (AvgIpc) is 3.19. The number of rotatable bonds is 4. The van der Waals surface area contributed by atoms with Crippen LogP contribution in [0.5, 0.6) is 0 Å². The van der Waals surface area contributed by atoms with E-state index < -0.39 is 0 Å². The van der Waals surface area contributed by atoms with Gasteiger partial charge in [0.25, 0.3) is 0 Å². The van der Waals surface area contributed by atoms with Gasteiger partial charge in [-0.05, 0) is 50.3 Å². The van der Waals surface area contributed by atoms with Crippen LogP contribution in [0.4, 0.5) is 0 Å². The second-order valence-corrected chi connectivity index (χ2v) is 8.28. The Kier molecular flexibility index (Phi) is 3.88. The Hall–Kier alpha value is -1.30. The van der Waals surface area contributed by atoms with Crippen LogP contribution in [0.1, 0.15) is 54.1 Å². The van der Waals surface area contributed by atoms with Crippen LogP contribution in [0.15, 0.2) is 29.8 Å². The number of hydrogen-bond acceptors (Lipinski definition) is 5. The molecule has 2 aromatic heterocycles. The minimum atomic E-state index is 0.229. The molecule has 2 saturated heterocycles. The second kappa shape index (κ2) is 6.21. The van der Waals surface area contributed by atoms with Gasteiger partial charge >= 0.3 is 0 Å². The maximum atomic E-state index is 6.42. The van der Waals surface area contributed by atoms with E-state index in [1.165, 1.54) is 30.0 Å². The topological polar surface area (TPSA) is 38.2 Å². The summed E-state index contributed by atoms with van der Waals surface area (Å²) in [5.74, 6) is 1.44. The van der Waals surface area contributed by atoms with Gasteiger partial charge in [-0.1, -0.05) is 6.07 Å². The molecule has 2 aliphatic heterocycles. The van der Waals surface area contributed by atoms with E-state index >= 15 is 0 Å². The van der Waals surface area contributed by atoms with E-state index in [9.17, 15) is 0 Å². The molecular formula is C19H23N3OS. The Balaban J connectivity index is 1.23. The number of aromatic nitrogens is 2.